The highest BCUT2D eigenvalue weighted by molar-refractivity contribution is 6.34. The number of benzene rings is 1. The molecule has 0 amide bonds. The molecule has 2 fully saturated rings. The zero-order valence-electron chi connectivity index (χ0n) is 16.7. The van der Waals surface area contributed by atoms with E-state index in [4.69, 9.17) is 26.1 Å². The van der Waals surface area contributed by atoms with Gasteiger partial charge in [0.1, 0.15) is 5.82 Å². The summed E-state index contributed by atoms with van der Waals surface area (Å²) in [6.45, 7) is 2.79. The van der Waals surface area contributed by atoms with E-state index in [1.54, 1.807) is 26.4 Å². The number of rotatable bonds is 6. The van der Waals surface area contributed by atoms with Crippen LogP contribution in [0.5, 0.6) is 5.88 Å². The fourth-order valence-electron chi connectivity index (χ4n) is 4.77. The third-order valence-corrected chi connectivity index (χ3v) is 6.70. The maximum atomic E-state index is 11.5. The molecule has 2 unspecified atom stereocenters. The van der Waals surface area contributed by atoms with Gasteiger partial charge in [0.25, 0.3) is 0 Å². The number of carbonyl (C=O) groups is 1. The van der Waals surface area contributed by atoms with Crippen LogP contribution in [0.15, 0.2) is 30.5 Å². The highest BCUT2D eigenvalue weighted by Gasteiger charge is 2.55. The second kappa shape index (κ2) is 7.18. The largest absolute Gasteiger partial charge is 0.480 e. The summed E-state index contributed by atoms with van der Waals surface area (Å²) < 4.78 is 10.9. The number of hydrogen-bond acceptors (Lipinski definition) is 5. The van der Waals surface area contributed by atoms with Gasteiger partial charge in [-0.25, -0.2) is 4.79 Å². The summed E-state index contributed by atoms with van der Waals surface area (Å²) in [5.74, 6) is 2.38. The van der Waals surface area contributed by atoms with Gasteiger partial charge in [-0.1, -0.05) is 11.6 Å². The molecule has 1 saturated heterocycles. The van der Waals surface area contributed by atoms with Crippen LogP contribution in [0.4, 0.5) is 5.82 Å². The minimum Gasteiger partial charge on any atom is -0.480 e. The lowest BCUT2D eigenvalue weighted by molar-refractivity contribution is 0.0699. The molecule has 1 aliphatic carbocycles. The molecule has 5 rings (SSSR count). The Kier molecular flexibility index (Phi) is 4.60. The third-order valence-electron chi connectivity index (χ3n) is 6.38. The Morgan fingerprint density at radius 3 is 2.70 bits per heavy atom. The lowest BCUT2D eigenvalue weighted by Crippen LogP contribution is -2.25. The molecule has 2 aromatic heterocycles. The van der Waals surface area contributed by atoms with Gasteiger partial charge in [0.05, 0.1) is 17.7 Å². The van der Waals surface area contributed by atoms with E-state index in [1.807, 2.05) is 12.1 Å². The monoisotopic (exact) mass is 427 g/mol. The van der Waals surface area contributed by atoms with Crippen LogP contribution >= 0.6 is 11.6 Å². The second-order valence-corrected chi connectivity index (χ2v) is 8.37. The van der Waals surface area contributed by atoms with Crippen molar-refractivity contribution in [1.29, 1.82) is 0 Å². The number of aromatic carboxylic acids is 1. The van der Waals surface area contributed by atoms with Crippen molar-refractivity contribution < 1.29 is 19.4 Å². The summed E-state index contributed by atoms with van der Waals surface area (Å²) in [5.41, 5.74) is 2.29. The van der Waals surface area contributed by atoms with Crippen LogP contribution in [0, 0.1) is 17.8 Å². The number of aromatic nitrogens is 2. The van der Waals surface area contributed by atoms with E-state index in [-0.39, 0.29) is 5.56 Å². The first-order valence-corrected chi connectivity index (χ1v) is 10.2. The number of hydrogen-bond donors (Lipinski definition) is 2. The highest BCUT2D eigenvalue weighted by atomic mass is 35.5. The van der Waals surface area contributed by atoms with E-state index in [0.29, 0.717) is 45.1 Å². The fraction of sp³-hybridized carbons (Fsp3) is 0.364. The normalized spacial score (nSPS) is 22.4. The van der Waals surface area contributed by atoms with E-state index in [2.05, 4.69) is 9.88 Å². The van der Waals surface area contributed by atoms with E-state index in [9.17, 15) is 9.90 Å². The van der Waals surface area contributed by atoms with Crippen molar-refractivity contribution in [3.05, 3.63) is 41.0 Å². The molecule has 0 radical (unpaired) electrons. The number of nitrogens with zero attached hydrogens (tertiary/aromatic N) is 2. The molecule has 1 saturated carbocycles. The Morgan fingerprint density at radius 2 is 2.03 bits per heavy atom. The van der Waals surface area contributed by atoms with Crippen LogP contribution in [0.3, 0.4) is 0 Å². The van der Waals surface area contributed by atoms with E-state index >= 15 is 0 Å². The summed E-state index contributed by atoms with van der Waals surface area (Å²) in [6.07, 6.45) is 1.47. The summed E-state index contributed by atoms with van der Waals surface area (Å²) >= 11 is 6.52. The van der Waals surface area contributed by atoms with E-state index in [0.717, 1.165) is 31.1 Å². The predicted molar refractivity (Wildman–Crippen MR) is 115 cm³/mol. The van der Waals surface area contributed by atoms with Gasteiger partial charge >= 0.3 is 5.97 Å². The zero-order chi connectivity index (χ0) is 21.0. The molecule has 3 heterocycles. The van der Waals surface area contributed by atoms with Gasteiger partial charge in [-0.2, -0.15) is 4.98 Å². The van der Waals surface area contributed by atoms with Crippen molar-refractivity contribution in [3.63, 3.8) is 0 Å². The summed E-state index contributed by atoms with van der Waals surface area (Å²) in [4.78, 5) is 21.5. The minimum absolute atomic E-state index is 0.202. The minimum atomic E-state index is -0.991. The fourth-order valence-corrected chi connectivity index (χ4v) is 5.04. The Bertz CT molecular complexity index is 1130. The van der Waals surface area contributed by atoms with Crippen LogP contribution in [0.2, 0.25) is 5.02 Å². The first-order valence-electron chi connectivity index (χ1n) is 9.85. The predicted octanol–water partition coefficient (Wildman–Crippen LogP) is 3.92. The number of methoxy groups -OCH3 is 2. The number of fused-ring (bicyclic) bond motifs is 2. The Balaban J connectivity index is 1.48. The molecule has 1 aromatic carbocycles. The molecule has 2 aliphatic rings. The first-order chi connectivity index (χ1) is 14.5. The van der Waals surface area contributed by atoms with Crippen molar-refractivity contribution in [2.75, 3.05) is 38.8 Å². The maximum Gasteiger partial charge on any atom is 0.337 e. The molecule has 0 bridgehead atoms. The molecule has 156 valence electrons. The zero-order valence-corrected chi connectivity index (χ0v) is 17.4. The van der Waals surface area contributed by atoms with Crippen LogP contribution in [-0.2, 0) is 4.74 Å². The van der Waals surface area contributed by atoms with Crippen LogP contribution in [0.1, 0.15) is 10.4 Å². The molecule has 7 nitrogen and oxygen atoms in total. The standard InChI is InChI=1S/C22H22ClN3O4/c1-29-10-17-15-8-26(9-16(15)17)20-4-3-11(21(25-20)30-2)12-5-13-14(22(27)28)7-24-19(13)6-18(12)23/h3-7,15-17,24H,8-10H2,1-2H3,(H,27,28). The number of pyridine rings is 1. The van der Waals surface area contributed by atoms with Crippen molar-refractivity contribution in [3.8, 4) is 17.0 Å². The number of H-pyrrole nitrogens is 1. The summed E-state index contributed by atoms with van der Waals surface area (Å²) in [7, 11) is 3.34. The van der Waals surface area contributed by atoms with Crippen molar-refractivity contribution in [2.24, 2.45) is 17.8 Å². The number of anilines is 1. The smallest absolute Gasteiger partial charge is 0.337 e. The molecule has 2 atom stereocenters. The first kappa shape index (κ1) is 19.2. The Labute approximate surface area is 178 Å². The molecular formula is C22H22ClN3O4. The van der Waals surface area contributed by atoms with Gasteiger partial charge in [-0.05, 0) is 42.0 Å². The third kappa shape index (κ3) is 3.00. The molecular weight excluding hydrogens is 406 g/mol. The molecule has 0 spiro atoms. The second-order valence-electron chi connectivity index (χ2n) is 7.96. The van der Waals surface area contributed by atoms with Crippen LogP contribution < -0.4 is 9.64 Å². The number of nitrogens with one attached hydrogen (secondary N) is 1. The van der Waals surface area contributed by atoms with Gasteiger partial charge in [0.2, 0.25) is 5.88 Å². The quantitative estimate of drug-likeness (QED) is 0.620. The number of carboxylic acids is 1. The SMILES string of the molecule is COCC1C2CN(c3ccc(-c4cc5c(C(=O)O)c[nH]c5cc4Cl)c(OC)n3)CC12. The van der Waals surface area contributed by atoms with Crippen molar-refractivity contribution in [2.45, 2.75) is 0 Å². The highest BCUT2D eigenvalue weighted by Crippen LogP contribution is 2.52. The number of piperidine rings is 1. The van der Waals surface area contributed by atoms with E-state index in [1.165, 1.54) is 6.20 Å². The molecule has 30 heavy (non-hydrogen) atoms. The Morgan fingerprint density at radius 1 is 1.27 bits per heavy atom. The molecule has 8 heteroatoms. The van der Waals surface area contributed by atoms with Gasteiger partial charge in [0, 0.05) is 55.0 Å². The maximum absolute atomic E-state index is 11.5. The average molecular weight is 428 g/mol. The van der Waals surface area contributed by atoms with Crippen molar-refractivity contribution >= 4 is 34.3 Å². The molecule has 3 aromatic rings. The van der Waals surface area contributed by atoms with E-state index < -0.39 is 5.97 Å². The topological polar surface area (TPSA) is 87.7 Å². The number of carboxylic acid groups (broad SMARTS) is 1. The number of ether oxygens (including phenoxy) is 2. The Hall–Kier alpha value is -2.77. The van der Waals surface area contributed by atoms with Crippen LogP contribution in [0.25, 0.3) is 22.0 Å². The lowest BCUT2D eigenvalue weighted by Gasteiger charge is -2.22. The van der Waals surface area contributed by atoms with Crippen molar-refractivity contribution in [1.82, 2.24) is 9.97 Å². The number of aromatic amines is 1. The summed E-state index contributed by atoms with van der Waals surface area (Å²) in [5, 5.41) is 10.5. The van der Waals surface area contributed by atoms with Crippen LogP contribution in [-0.4, -0.2) is 55.0 Å². The van der Waals surface area contributed by atoms with Gasteiger partial charge in [-0.15, -0.1) is 0 Å². The molecule has 2 N–H and O–H groups in total. The number of halogens is 1. The van der Waals surface area contributed by atoms with Gasteiger partial charge < -0.3 is 24.5 Å². The van der Waals surface area contributed by atoms with Gasteiger partial charge in [0.15, 0.2) is 0 Å². The van der Waals surface area contributed by atoms with Gasteiger partial charge in [-0.3, -0.25) is 0 Å². The molecule has 1 aliphatic heterocycles. The summed E-state index contributed by atoms with van der Waals surface area (Å²) in [6, 6.07) is 7.43. The lowest BCUT2D eigenvalue weighted by atomic mass is 10.0. The average Bonchev–Trinajstić information content (AvgIpc) is 3.10.